The molecule has 0 spiro atoms. The van der Waals surface area contributed by atoms with Crippen LogP contribution in [0.15, 0.2) is 0 Å². The highest BCUT2D eigenvalue weighted by Gasteiger charge is 2.32. The lowest BCUT2D eigenvalue weighted by molar-refractivity contribution is 0.181. The SMILES string of the molecule is C1CCC(C2CCCN2CCNCC2CCOC2)C1. The van der Waals surface area contributed by atoms with E-state index in [1.165, 1.54) is 64.6 Å². The fourth-order valence-corrected chi connectivity index (χ4v) is 4.28. The summed E-state index contributed by atoms with van der Waals surface area (Å²) in [6.07, 6.45) is 10.1. The summed E-state index contributed by atoms with van der Waals surface area (Å²) in [5, 5.41) is 3.64. The minimum Gasteiger partial charge on any atom is -0.381 e. The third-order valence-corrected chi connectivity index (χ3v) is 5.39. The zero-order valence-electron chi connectivity index (χ0n) is 12.3. The smallest absolute Gasteiger partial charge is 0.0507 e. The molecule has 1 N–H and O–H groups in total. The van der Waals surface area contributed by atoms with Crippen molar-refractivity contribution < 1.29 is 4.74 Å². The van der Waals surface area contributed by atoms with Crippen LogP contribution in [0.1, 0.15) is 44.9 Å². The van der Waals surface area contributed by atoms with Gasteiger partial charge in [0, 0.05) is 32.3 Å². The predicted molar refractivity (Wildman–Crippen MR) is 78.3 cm³/mol. The minimum atomic E-state index is 0.768. The number of nitrogens with zero attached hydrogens (tertiary/aromatic N) is 1. The Bertz CT molecular complexity index is 259. The van der Waals surface area contributed by atoms with E-state index >= 15 is 0 Å². The lowest BCUT2D eigenvalue weighted by atomic mass is 9.96. The molecule has 0 bridgehead atoms. The summed E-state index contributed by atoms with van der Waals surface area (Å²) in [6.45, 7) is 6.87. The number of hydrogen-bond donors (Lipinski definition) is 1. The van der Waals surface area contributed by atoms with Gasteiger partial charge >= 0.3 is 0 Å². The van der Waals surface area contributed by atoms with Gasteiger partial charge in [-0.2, -0.15) is 0 Å². The van der Waals surface area contributed by atoms with Gasteiger partial charge in [0.15, 0.2) is 0 Å². The molecule has 2 unspecified atom stereocenters. The van der Waals surface area contributed by atoms with Crippen LogP contribution in [0.25, 0.3) is 0 Å². The normalized spacial score (nSPS) is 33.5. The number of ether oxygens (including phenoxy) is 1. The highest BCUT2D eigenvalue weighted by Crippen LogP contribution is 2.35. The van der Waals surface area contributed by atoms with Gasteiger partial charge in [0.05, 0.1) is 6.61 Å². The molecule has 0 radical (unpaired) electrons. The molecule has 3 aliphatic rings. The van der Waals surface area contributed by atoms with Gasteiger partial charge in [-0.15, -0.1) is 0 Å². The third kappa shape index (κ3) is 3.71. The Balaban J connectivity index is 1.34. The minimum absolute atomic E-state index is 0.768. The summed E-state index contributed by atoms with van der Waals surface area (Å²) in [5.74, 6) is 1.79. The fraction of sp³-hybridized carbons (Fsp3) is 1.00. The molecule has 1 aliphatic carbocycles. The number of likely N-dealkylation sites (tertiary alicyclic amines) is 1. The average Bonchev–Trinajstić information content (AvgIpc) is 3.15. The van der Waals surface area contributed by atoms with E-state index in [-0.39, 0.29) is 0 Å². The molecular formula is C16H30N2O. The van der Waals surface area contributed by atoms with E-state index in [2.05, 4.69) is 10.2 Å². The monoisotopic (exact) mass is 266 g/mol. The van der Waals surface area contributed by atoms with Crippen molar-refractivity contribution in [3.8, 4) is 0 Å². The highest BCUT2D eigenvalue weighted by molar-refractivity contribution is 4.87. The molecule has 3 heteroatoms. The van der Waals surface area contributed by atoms with Gasteiger partial charge in [-0.3, -0.25) is 4.90 Å². The van der Waals surface area contributed by atoms with E-state index < -0.39 is 0 Å². The van der Waals surface area contributed by atoms with E-state index in [9.17, 15) is 0 Å². The summed E-state index contributed by atoms with van der Waals surface area (Å²) in [4.78, 5) is 2.77. The second-order valence-corrected chi connectivity index (χ2v) is 6.72. The first-order valence-electron chi connectivity index (χ1n) is 8.46. The molecule has 0 aromatic rings. The lowest BCUT2D eigenvalue weighted by Crippen LogP contribution is -2.40. The lowest BCUT2D eigenvalue weighted by Gasteiger charge is -2.29. The van der Waals surface area contributed by atoms with Crippen LogP contribution in [0.4, 0.5) is 0 Å². The fourth-order valence-electron chi connectivity index (χ4n) is 4.28. The molecule has 110 valence electrons. The Hall–Kier alpha value is -0.120. The molecule has 2 saturated heterocycles. The first-order valence-corrected chi connectivity index (χ1v) is 8.46. The Morgan fingerprint density at radius 3 is 2.74 bits per heavy atom. The van der Waals surface area contributed by atoms with Crippen LogP contribution in [-0.4, -0.2) is 50.3 Å². The number of rotatable bonds is 6. The van der Waals surface area contributed by atoms with Crippen molar-refractivity contribution >= 4 is 0 Å². The van der Waals surface area contributed by atoms with Gasteiger partial charge in [-0.25, -0.2) is 0 Å². The third-order valence-electron chi connectivity index (χ3n) is 5.39. The van der Waals surface area contributed by atoms with Gasteiger partial charge in [0.1, 0.15) is 0 Å². The molecule has 1 saturated carbocycles. The van der Waals surface area contributed by atoms with Crippen molar-refractivity contribution in [1.82, 2.24) is 10.2 Å². The quantitative estimate of drug-likeness (QED) is 0.746. The van der Waals surface area contributed by atoms with Crippen LogP contribution >= 0.6 is 0 Å². The largest absolute Gasteiger partial charge is 0.381 e. The number of hydrogen-bond acceptors (Lipinski definition) is 3. The maximum Gasteiger partial charge on any atom is 0.0507 e. The van der Waals surface area contributed by atoms with Crippen LogP contribution in [0.2, 0.25) is 0 Å². The standard InChI is InChI=1S/C16H30N2O/c1-2-5-15(4-1)16-6-3-9-18(16)10-8-17-12-14-7-11-19-13-14/h14-17H,1-13H2. The van der Waals surface area contributed by atoms with Gasteiger partial charge in [0.2, 0.25) is 0 Å². The molecule has 3 nitrogen and oxygen atoms in total. The molecule has 2 heterocycles. The summed E-state index contributed by atoms with van der Waals surface area (Å²) in [6, 6.07) is 0.916. The summed E-state index contributed by atoms with van der Waals surface area (Å²) < 4.78 is 5.42. The Morgan fingerprint density at radius 1 is 1.05 bits per heavy atom. The second kappa shape index (κ2) is 7.05. The maximum absolute atomic E-state index is 5.42. The first kappa shape index (κ1) is 13.8. The predicted octanol–water partition coefficient (Wildman–Crippen LogP) is 2.27. The Morgan fingerprint density at radius 2 is 1.95 bits per heavy atom. The molecule has 19 heavy (non-hydrogen) atoms. The van der Waals surface area contributed by atoms with Crippen LogP contribution in [0.5, 0.6) is 0 Å². The molecule has 0 amide bonds. The summed E-state index contributed by atoms with van der Waals surface area (Å²) in [7, 11) is 0. The summed E-state index contributed by atoms with van der Waals surface area (Å²) in [5.41, 5.74) is 0. The van der Waals surface area contributed by atoms with Gasteiger partial charge in [0.25, 0.3) is 0 Å². The van der Waals surface area contributed by atoms with Gasteiger partial charge in [-0.1, -0.05) is 12.8 Å². The highest BCUT2D eigenvalue weighted by atomic mass is 16.5. The molecule has 0 aromatic carbocycles. The molecule has 2 atom stereocenters. The van der Waals surface area contributed by atoms with Crippen molar-refractivity contribution in [3.63, 3.8) is 0 Å². The van der Waals surface area contributed by atoms with Crippen LogP contribution in [0.3, 0.4) is 0 Å². The van der Waals surface area contributed by atoms with E-state index in [0.29, 0.717) is 0 Å². The van der Waals surface area contributed by atoms with Crippen molar-refractivity contribution in [2.24, 2.45) is 11.8 Å². The Kier molecular flexibility index (Phi) is 5.14. The molecular weight excluding hydrogens is 236 g/mol. The number of nitrogens with one attached hydrogen (secondary N) is 1. The second-order valence-electron chi connectivity index (χ2n) is 6.72. The van der Waals surface area contributed by atoms with Crippen LogP contribution in [0, 0.1) is 11.8 Å². The van der Waals surface area contributed by atoms with Crippen LogP contribution in [-0.2, 0) is 4.74 Å². The average molecular weight is 266 g/mol. The topological polar surface area (TPSA) is 24.5 Å². The zero-order chi connectivity index (χ0) is 12.9. The van der Waals surface area contributed by atoms with Crippen molar-refractivity contribution in [2.45, 2.75) is 51.0 Å². The van der Waals surface area contributed by atoms with Gasteiger partial charge < -0.3 is 10.1 Å². The van der Waals surface area contributed by atoms with Gasteiger partial charge in [-0.05, 0) is 50.5 Å². The van der Waals surface area contributed by atoms with Crippen molar-refractivity contribution in [2.75, 3.05) is 39.4 Å². The van der Waals surface area contributed by atoms with E-state index in [0.717, 1.165) is 37.6 Å². The molecule has 0 aromatic heterocycles. The molecule has 3 fully saturated rings. The van der Waals surface area contributed by atoms with E-state index in [1.54, 1.807) is 0 Å². The van der Waals surface area contributed by atoms with E-state index in [1.807, 2.05) is 0 Å². The maximum atomic E-state index is 5.42. The van der Waals surface area contributed by atoms with E-state index in [4.69, 9.17) is 4.74 Å². The van der Waals surface area contributed by atoms with Crippen LogP contribution < -0.4 is 5.32 Å². The Labute approximate surface area is 118 Å². The van der Waals surface area contributed by atoms with Crippen molar-refractivity contribution in [1.29, 1.82) is 0 Å². The molecule has 3 rings (SSSR count). The molecule has 2 aliphatic heterocycles. The first-order chi connectivity index (χ1) is 9.43. The van der Waals surface area contributed by atoms with Crippen molar-refractivity contribution in [3.05, 3.63) is 0 Å². The zero-order valence-corrected chi connectivity index (χ0v) is 12.3. The summed E-state index contributed by atoms with van der Waals surface area (Å²) >= 11 is 0.